The van der Waals surface area contributed by atoms with Crippen molar-refractivity contribution in [1.29, 1.82) is 0 Å². The van der Waals surface area contributed by atoms with Gasteiger partial charge in [0.05, 0.1) is 12.8 Å². The van der Waals surface area contributed by atoms with Gasteiger partial charge >= 0.3 is 0 Å². The zero-order chi connectivity index (χ0) is 12.3. The van der Waals surface area contributed by atoms with Crippen LogP contribution >= 0.6 is 0 Å². The van der Waals surface area contributed by atoms with E-state index in [1.54, 1.807) is 31.5 Å². The molecule has 2 aromatic rings. The second-order valence-electron chi connectivity index (χ2n) is 3.60. The number of nitrogens with zero attached hydrogens (tertiary/aromatic N) is 1. The molecule has 0 aliphatic heterocycles. The minimum Gasteiger partial charge on any atom is -0.491 e. The SMILES string of the molecule is COc1cccnc1Oc1cccc(C)c1N. The summed E-state index contributed by atoms with van der Waals surface area (Å²) in [5.41, 5.74) is 7.51. The predicted octanol–water partition coefficient (Wildman–Crippen LogP) is 2.77. The molecule has 88 valence electrons. The van der Waals surface area contributed by atoms with Gasteiger partial charge in [0, 0.05) is 6.20 Å². The van der Waals surface area contributed by atoms with E-state index in [2.05, 4.69) is 4.98 Å². The van der Waals surface area contributed by atoms with Crippen LogP contribution in [0.5, 0.6) is 17.4 Å². The molecule has 0 bridgehead atoms. The number of hydrogen-bond acceptors (Lipinski definition) is 4. The van der Waals surface area contributed by atoms with E-state index in [0.29, 0.717) is 23.1 Å². The molecule has 0 saturated carbocycles. The van der Waals surface area contributed by atoms with Crippen LogP contribution < -0.4 is 15.2 Å². The van der Waals surface area contributed by atoms with E-state index in [-0.39, 0.29) is 0 Å². The lowest BCUT2D eigenvalue weighted by Crippen LogP contribution is -1.97. The number of hydrogen-bond donors (Lipinski definition) is 1. The third-order valence-corrected chi connectivity index (χ3v) is 2.45. The molecule has 0 spiro atoms. The fourth-order valence-electron chi connectivity index (χ4n) is 1.45. The highest BCUT2D eigenvalue weighted by Crippen LogP contribution is 2.32. The van der Waals surface area contributed by atoms with Crippen molar-refractivity contribution in [2.24, 2.45) is 0 Å². The average Bonchev–Trinajstić information content (AvgIpc) is 2.35. The molecule has 0 amide bonds. The topological polar surface area (TPSA) is 57.4 Å². The third kappa shape index (κ3) is 2.30. The molecule has 0 atom stereocenters. The van der Waals surface area contributed by atoms with Gasteiger partial charge in [0.2, 0.25) is 0 Å². The molecule has 4 nitrogen and oxygen atoms in total. The predicted molar refractivity (Wildman–Crippen MR) is 66.5 cm³/mol. The summed E-state index contributed by atoms with van der Waals surface area (Å²) in [4.78, 5) is 4.11. The summed E-state index contributed by atoms with van der Waals surface area (Å²) >= 11 is 0. The Morgan fingerprint density at radius 3 is 2.65 bits per heavy atom. The fourth-order valence-corrected chi connectivity index (χ4v) is 1.45. The maximum Gasteiger partial charge on any atom is 0.262 e. The van der Waals surface area contributed by atoms with Crippen LogP contribution in [0.1, 0.15) is 5.56 Å². The van der Waals surface area contributed by atoms with Crippen LogP contribution in [0.25, 0.3) is 0 Å². The second-order valence-corrected chi connectivity index (χ2v) is 3.60. The number of para-hydroxylation sites is 1. The number of methoxy groups -OCH3 is 1. The quantitative estimate of drug-likeness (QED) is 0.824. The lowest BCUT2D eigenvalue weighted by Gasteiger charge is -2.11. The largest absolute Gasteiger partial charge is 0.491 e. The van der Waals surface area contributed by atoms with Crippen molar-refractivity contribution in [3.8, 4) is 17.4 Å². The number of benzene rings is 1. The first kappa shape index (κ1) is 11.3. The summed E-state index contributed by atoms with van der Waals surface area (Å²) in [5, 5.41) is 0. The van der Waals surface area contributed by atoms with Crippen LogP contribution in [0.3, 0.4) is 0 Å². The molecule has 2 N–H and O–H groups in total. The van der Waals surface area contributed by atoms with Crippen LogP contribution in [0.4, 0.5) is 5.69 Å². The maximum absolute atomic E-state index is 5.93. The number of rotatable bonds is 3. The molecule has 0 saturated heterocycles. The summed E-state index contributed by atoms with van der Waals surface area (Å²) in [5.74, 6) is 1.57. The second kappa shape index (κ2) is 4.74. The monoisotopic (exact) mass is 230 g/mol. The van der Waals surface area contributed by atoms with Crippen molar-refractivity contribution in [2.45, 2.75) is 6.92 Å². The molecule has 0 unspecified atom stereocenters. The van der Waals surface area contributed by atoms with Crippen LogP contribution in [-0.2, 0) is 0 Å². The first-order valence-electron chi connectivity index (χ1n) is 5.24. The van der Waals surface area contributed by atoms with E-state index in [0.717, 1.165) is 5.56 Å². The van der Waals surface area contributed by atoms with Gasteiger partial charge in [-0.2, -0.15) is 0 Å². The van der Waals surface area contributed by atoms with Gasteiger partial charge in [-0.25, -0.2) is 4.98 Å². The number of aryl methyl sites for hydroxylation is 1. The number of pyridine rings is 1. The highest BCUT2D eigenvalue weighted by atomic mass is 16.5. The smallest absolute Gasteiger partial charge is 0.262 e. The van der Waals surface area contributed by atoms with Gasteiger partial charge in [0.15, 0.2) is 11.5 Å². The lowest BCUT2D eigenvalue weighted by atomic mass is 10.2. The molecule has 17 heavy (non-hydrogen) atoms. The van der Waals surface area contributed by atoms with E-state index in [1.807, 2.05) is 19.1 Å². The summed E-state index contributed by atoms with van der Waals surface area (Å²) in [6, 6.07) is 9.18. The Balaban J connectivity index is 2.35. The summed E-state index contributed by atoms with van der Waals surface area (Å²) in [6.45, 7) is 1.93. The number of nitrogen functional groups attached to an aromatic ring is 1. The molecular formula is C13H14N2O2. The minimum atomic E-state index is 0.410. The summed E-state index contributed by atoms with van der Waals surface area (Å²) < 4.78 is 10.8. The standard InChI is InChI=1S/C13H14N2O2/c1-9-5-3-6-10(12(9)14)17-13-11(16-2)7-4-8-15-13/h3-8H,14H2,1-2H3. The normalized spacial score (nSPS) is 10.0. The van der Waals surface area contributed by atoms with Crippen molar-refractivity contribution in [2.75, 3.05) is 12.8 Å². The molecule has 0 aliphatic rings. The number of anilines is 1. The molecule has 1 heterocycles. The Hall–Kier alpha value is -2.23. The Kier molecular flexibility index (Phi) is 3.14. The third-order valence-electron chi connectivity index (χ3n) is 2.45. The molecule has 1 aromatic carbocycles. The van der Waals surface area contributed by atoms with Crippen LogP contribution in [0.15, 0.2) is 36.5 Å². The van der Waals surface area contributed by atoms with Gasteiger partial charge in [0.1, 0.15) is 0 Å². The fraction of sp³-hybridized carbons (Fsp3) is 0.154. The average molecular weight is 230 g/mol. The van der Waals surface area contributed by atoms with Crippen molar-refractivity contribution >= 4 is 5.69 Å². The van der Waals surface area contributed by atoms with Crippen molar-refractivity contribution in [1.82, 2.24) is 4.98 Å². The van der Waals surface area contributed by atoms with Crippen LogP contribution in [0, 0.1) is 6.92 Å². The Bertz CT molecular complexity index is 527. The first-order valence-corrected chi connectivity index (χ1v) is 5.24. The van der Waals surface area contributed by atoms with Crippen molar-refractivity contribution in [3.63, 3.8) is 0 Å². The molecule has 0 fully saturated rings. The van der Waals surface area contributed by atoms with E-state index >= 15 is 0 Å². The minimum absolute atomic E-state index is 0.410. The van der Waals surface area contributed by atoms with Gasteiger partial charge in [-0.15, -0.1) is 0 Å². The molecule has 2 rings (SSSR count). The highest BCUT2D eigenvalue weighted by molar-refractivity contribution is 5.59. The zero-order valence-corrected chi connectivity index (χ0v) is 9.81. The van der Waals surface area contributed by atoms with Crippen LogP contribution in [0.2, 0.25) is 0 Å². The first-order chi connectivity index (χ1) is 8.22. The van der Waals surface area contributed by atoms with Crippen molar-refractivity contribution in [3.05, 3.63) is 42.1 Å². The molecule has 4 heteroatoms. The Labute approximate surface area is 100 Å². The number of aromatic nitrogens is 1. The summed E-state index contributed by atoms with van der Waals surface area (Å²) in [7, 11) is 1.57. The zero-order valence-electron chi connectivity index (χ0n) is 9.81. The highest BCUT2D eigenvalue weighted by Gasteiger charge is 2.09. The number of nitrogens with two attached hydrogens (primary N) is 1. The van der Waals surface area contributed by atoms with Gasteiger partial charge in [0.25, 0.3) is 5.88 Å². The van der Waals surface area contributed by atoms with E-state index in [9.17, 15) is 0 Å². The summed E-state index contributed by atoms with van der Waals surface area (Å²) in [6.07, 6.45) is 1.64. The lowest BCUT2D eigenvalue weighted by molar-refractivity contribution is 0.370. The molecule has 0 aliphatic carbocycles. The van der Waals surface area contributed by atoms with E-state index in [1.165, 1.54) is 0 Å². The molecular weight excluding hydrogens is 216 g/mol. The molecule has 1 aromatic heterocycles. The van der Waals surface area contributed by atoms with Gasteiger partial charge in [-0.1, -0.05) is 12.1 Å². The van der Waals surface area contributed by atoms with Crippen molar-refractivity contribution < 1.29 is 9.47 Å². The van der Waals surface area contributed by atoms with E-state index in [4.69, 9.17) is 15.2 Å². The van der Waals surface area contributed by atoms with Gasteiger partial charge in [-0.05, 0) is 30.7 Å². The van der Waals surface area contributed by atoms with Gasteiger partial charge < -0.3 is 15.2 Å². The van der Waals surface area contributed by atoms with Crippen LogP contribution in [-0.4, -0.2) is 12.1 Å². The van der Waals surface area contributed by atoms with E-state index < -0.39 is 0 Å². The Morgan fingerprint density at radius 2 is 1.88 bits per heavy atom. The maximum atomic E-state index is 5.93. The Morgan fingerprint density at radius 1 is 1.12 bits per heavy atom. The van der Waals surface area contributed by atoms with Gasteiger partial charge in [-0.3, -0.25) is 0 Å². The number of ether oxygens (including phenoxy) is 2. The molecule has 0 radical (unpaired) electrons.